The van der Waals surface area contributed by atoms with Crippen molar-refractivity contribution < 1.29 is 8.42 Å². The molecule has 0 aliphatic carbocycles. The van der Waals surface area contributed by atoms with Crippen LogP contribution in [0.2, 0.25) is 0 Å². The number of H-pyrrole nitrogens is 1. The highest BCUT2D eigenvalue weighted by atomic mass is 79.9. The van der Waals surface area contributed by atoms with Crippen LogP contribution in [-0.4, -0.2) is 23.6 Å². The maximum absolute atomic E-state index is 11.9. The maximum atomic E-state index is 11.9. The Morgan fingerprint density at radius 2 is 2.18 bits per heavy atom. The molecule has 2 aromatic heterocycles. The summed E-state index contributed by atoms with van der Waals surface area (Å²) in [5.41, 5.74) is 5.83. The van der Waals surface area contributed by atoms with E-state index in [2.05, 4.69) is 35.8 Å². The second-order valence-electron chi connectivity index (χ2n) is 3.11. The number of hydrogen-bond donors (Lipinski definition) is 3. The second kappa shape index (κ2) is 4.34. The van der Waals surface area contributed by atoms with Crippen molar-refractivity contribution in [1.82, 2.24) is 15.2 Å². The third-order valence-electron chi connectivity index (χ3n) is 1.94. The van der Waals surface area contributed by atoms with E-state index >= 15 is 0 Å². The summed E-state index contributed by atoms with van der Waals surface area (Å²) in [5.74, 6) is -0.0114. The SMILES string of the molecule is Nc1[nH]ncc1S(=O)(=O)Nc1ccncc1Br. The lowest BCUT2D eigenvalue weighted by Crippen LogP contribution is -2.14. The van der Waals surface area contributed by atoms with Crippen LogP contribution in [0.3, 0.4) is 0 Å². The lowest BCUT2D eigenvalue weighted by molar-refractivity contribution is 0.601. The minimum absolute atomic E-state index is 0.0114. The molecule has 0 atom stereocenters. The molecule has 0 fully saturated rings. The van der Waals surface area contributed by atoms with Gasteiger partial charge in [-0.25, -0.2) is 8.42 Å². The summed E-state index contributed by atoms with van der Waals surface area (Å²) in [5, 5.41) is 5.92. The average molecular weight is 318 g/mol. The summed E-state index contributed by atoms with van der Waals surface area (Å²) in [6, 6.07) is 1.53. The van der Waals surface area contributed by atoms with Crippen LogP contribution in [0.1, 0.15) is 0 Å². The molecule has 7 nitrogen and oxygen atoms in total. The monoisotopic (exact) mass is 317 g/mol. The molecule has 0 aliphatic heterocycles. The van der Waals surface area contributed by atoms with Crippen LogP contribution in [0.5, 0.6) is 0 Å². The predicted octanol–water partition coefficient (Wildman–Crippen LogP) is 0.950. The Kier molecular flexibility index (Phi) is 3.03. The van der Waals surface area contributed by atoms with Crippen molar-refractivity contribution in [3.05, 3.63) is 29.1 Å². The normalized spacial score (nSPS) is 11.4. The lowest BCUT2D eigenvalue weighted by atomic mass is 10.4. The first-order valence-corrected chi connectivity index (χ1v) is 6.69. The molecule has 2 rings (SSSR count). The van der Waals surface area contributed by atoms with E-state index in [1.54, 1.807) is 0 Å². The van der Waals surface area contributed by atoms with Crippen molar-refractivity contribution in [2.75, 3.05) is 10.5 Å². The molecule has 4 N–H and O–H groups in total. The summed E-state index contributed by atoms with van der Waals surface area (Å²) in [6.45, 7) is 0. The molecule has 0 amide bonds. The van der Waals surface area contributed by atoms with Crippen molar-refractivity contribution >= 4 is 37.5 Å². The maximum Gasteiger partial charge on any atom is 0.267 e. The van der Waals surface area contributed by atoms with Crippen molar-refractivity contribution in [3.63, 3.8) is 0 Å². The molecule has 0 aromatic carbocycles. The van der Waals surface area contributed by atoms with E-state index in [4.69, 9.17) is 5.73 Å². The van der Waals surface area contributed by atoms with Crippen LogP contribution in [0.4, 0.5) is 11.5 Å². The van der Waals surface area contributed by atoms with E-state index in [1.807, 2.05) is 0 Å². The number of rotatable bonds is 3. The Balaban J connectivity index is 2.37. The number of sulfonamides is 1. The number of pyridine rings is 1. The molecular formula is C8H8BrN5O2S. The highest BCUT2D eigenvalue weighted by Gasteiger charge is 2.20. The summed E-state index contributed by atoms with van der Waals surface area (Å²) < 4.78 is 26.8. The molecule has 0 saturated heterocycles. The first kappa shape index (κ1) is 11.9. The van der Waals surface area contributed by atoms with Gasteiger partial charge in [-0.3, -0.25) is 14.8 Å². The van der Waals surface area contributed by atoms with Gasteiger partial charge in [0.15, 0.2) is 0 Å². The first-order valence-electron chi connectivity index (χ1n) is 4.42. The van der Waals surface area contributed by atoms with Crippen molar-refractivity contribution in [2.45, 2.75) is 4.90 Å². The number of nitrogens with one attached hydrogen (secondary N) is 2. The fourth-order valence-electron chi connectivity index (χ4n) is 1.16. The van der Waals surface area contributed by atoms with Crippen LogP contribution in [0.15, 0.2) is 34.0 Å². The number of hydrogen-bond acceptors (Lipinski definition) is 5. The van der Waals surface area contributed by atoms with Crippen LogP contribution < -0.4 is 10.5 Å². The molecule has 17 heavy (non-hydrogen) atoms. The van der Waals surface area contributed by atoms with Gasteiger partial charge in [-0.2, -0.15) is 5.10 Å². The predicted molar refractivity (Wildman–Crippen MR) is 65.7 cm³/mol. The average Bonchev–Trinajstić information content (AvgIpc) is 2.68. The van der Waals surface area contributed by atoms with Crippen molar-refractivity contribution in [1.29, 1.82) is 0 Å². The summed E-state index contributed by atoms with van der Waals surface area (Å²) in [4.78, 5) is 3.73. The standard InChI is InChI=1S/C8H8BrN5O2S/c9-5-3-11-2-1-6(5)14-17(15,16)7-4-12-13-8(7)10/h1-4H,(H,11,14)(H3,10,12,13). The van der Waals surface area contributed by atoms with Crippen molar-refractivity contribution in [2.24, 2.45) is 0 Å². The topological polar surface area (TPSA) is 114 Å². The molecule has 90 valence electrons. The van der Waals surface area contributed by atoms with Gasteiger partial charge in [0.1, 0.15) is 10.7 Å². The van der Waals surface area contributed by atoms with Crippen molar-refractivity contribution in [3.8, 4) is 0 Å². The molecule has 0 spiro atoms. The van der Waals surface area contributed by atoms with Gasteiger partial charge in [0, 0.05) is 12.4 Å². The van der Waals surface area contributed by atoms with Crippen LogP contribution in [-0.2, 0) is 10.0 Å². The highest BCUT2D eigenvalue weighted by Crippen LogP contribution is 2.24. The van der Waals surface area contributed by atoms with E-state index in [0.29, 0.717) is 10.2 Å². The van der Waals surface area contributed by atoms with Gasteiger partial charge >= 0.3 is 0 Å². The van der Waals surface area contributed by atoms with Gasteiger partial charge < -0.3 is 5.73 Å². The number of aromatic amines is 1. The number of halogens is 1. The van der Waals surface area contributed by atoms with Gasteiger partial charge in [0.2, 0.25) is 0 Å². The van der Waals surface area contributed by atoms with Gasteiger partial charge in [0.05, 0.1) is 16.4 Å². The smallest absolute Gasteiger partial charge is 0.267 e. The fraction of sp³-hybridized carbons (Fsp3) is 0. The third kappa shape index (κ3) is 2.39. The van der Waals surface area contributed by atoms with Gasteiger partial charge in [-0.1, -0.05) is 0 Å². The Bertz CT molecular complexity index is 639. The highest BCUT2D eigenvalue weighted by molar-refractivity contribution is 9.10. The van der Waals surface area contributed by atoms with E-state index in [9.17, 15) is 8.42 Å². The quantitative estimate of drug-likeness (QED) is 0.779. The molecule has 0 unspecified atom stereocenters. The summed E-state index contributed by atoms with van der Waals surface area (Å²) in [6.07, 6.45) is 4.10. The Labute approximate surface area is 106 Å². The largest absolute Gasteiger partial charge is 0.383 e. The zero-order valence-corrected chi connectivity index (χ0v) is 10.8. The number of nitrogen functional groups attached to an aromatic ring is 1. The van der Waals surface area contributed by atoms with E-state index in [0.717, 1.165) is 6.20 Å². The van der Waals surface area contributed by atoms with E-state index in [-0.39, 0.29) is 10.7 Å². The zero-order chi connectivity index (χ0) is 12.5. The molecular weight excluding hydrogens is 310 g/mol. The fourth-order valence-corrected chi connectivity index (χ4v) is 2.74. The van der Waals surface area contributed by atoms with E-state index in [1.165, 1.54) is 18.5 Å². The Morgan fingerprint density at radius 1 is 1.41 bits per heavy atom. The molecule has 2 aromatic rings. The van der Waals surface area contributed by atoms with Gasteiger partial charge in [0.25, 0.3) is 10.0 Å². The van der Waals surface area contributed by atoms with Gasteiger partial charge in [-0.15, -0.1) is 0 Å². The Hall–Kier alpha value is -1.61. The van der Waals surface area contributed by atoms with E-state index < -0.39 is 10.0 Å². The lowest BCUT2D eigenvalue weighted by Gasteiger charge is -2.07. The van der Waals surface area contributed by atoms with Crippen LogP contribution >= 0.6 is 15.9 Å². The molecule has 2 heterocycles. The summed E-state index contributed by atoms with van der Waals surface area (Å²) in [7, 11) is -3.75. The number of aromatic nitrogens is 3. The molecule has 0 bridgehead atoms. The summed E-state index contributed by atoms with van der Waals surface area (Å²) >= 11 is 3.19. The van der Waals surface area contributed by atoms with Gasteiger partial charge in [-0.05, 0) is 22.0 Å². The second-order valence-corrected chi connectivity index (χ2v) is 5.61. The molecule has 0 radical (unpaired) electrons. The third-order valence-corrected chi connectivity index (χ3v) is 3.96. The minimum atomic E-state index is -3.75. The molecule has 9 heteroatoms. The zero-order valence-electron chi connectivity index (χ0n) is 8.38. The molecule has 0 saturated carbocycles. The number of nitrogens with zero attached hydrogens (tertiary/aromatic N) is 2. The number of anilines is 2. The Morgan fingerprint density at radius 3 is 2.76 bits per heavy atom. The molecule has 0 aliphatic rings. The number of nitrogens with two attached hydrogens (primary N) is 1. The first-order chi connectivity index (χ1) is 8.00. The van der Waals surface area contributed by atoms with Crippen LogP contribution in [0.25, 0.3) is 0 Å². The van der Waals surface area contributed by atoms with Crippen LogP contribution in [0, 0.1) is 0 Å². The minimum Gasteiger partial charge on any atom is -0.383 e.